The molecule has 1 N–H and O–H groups in total. The maximum Gasteiger partial charge on any atom is 0.266 e. The molecular formula is C27H27ClN2OS2. The Labute approximate surface area is 208 Å². The lowest BCUT2D eigenvalue weighted by molar-refractivity contribution is 0.0606. The molecule has 1 saturated carbocycles. The Hall–Kier alpha value is -2.18. The van der Waals surface area contributed by atoms with Crippen molar-refractivity contribution < 1.29 is 4.79 Å². The number of nitrogens with one attached hydrogen (secondary N) is 1. The van der Waals surface area contributed by atoms with Crippen molar-refractivity contribution in [3.05, 3.63) is 81.5 Å². The third-order valence-electron chi connectivity index (χ3n) is 6.62. The number of thiophene rings is 2. The lowest BCUT2D eigenvalue weighted by atomic mass is 9.89. The van der Waals surface area contributed by atoms with E-state index in [1.807, 2.05) is 31.3 Å². The van der Waals surface area contributed by atoms with E-state index in [-0.39, 0.29) is 11.9 Å². The predicted molar refractivity (Wildman–Crippen MR) is 142 cm³/mol. The zero-order chi connectivity index (χ0) is 22.8. The molecule has 33 heavy (non-hydrogen) atoms. The third kappa shape index (κ3) is 4.73. The van der Waals surface area contributed by atoms with Gasteiger partial charge in [-0.1, -0.05) is 54.1 Å². The number of fused-ring (bicyclic) bond motifs is 1. The maximum absolute atomic E-state index is 13.9. The molecule has 0 atom stereocenters. The fourth-order valence-corrected chi connectivity index (χ4v) is 6.98. The molecule has 1 amide bonds. The van der Waals surface area contributed by atoms with Gasteiger partial charge < -0.3 is 10.2 Å². The number of carbonyl (C=O) groups excluding carboxylic acids is 1. The minimum absolute atomic E-state index is 0.0515. The van der Waals surface area contributed by atoms with Crippen LogP contribution in [0.5, 0.6) is 0 Å². The summed E-state index contributed by atoms with van der Waals surface area (Å²) >= 11 is 9.98. The molecule has 0 aliphatic heterocycles. The summed E-state index contributed by atoms with van der Waals surface area (Å²) in [6, 6.07) is 21.6. The summed E-state index contributed by atoms with van der Waals surface area (Å²) < 4.78 is 1.06. The van der Waals surface area contributed by atoms with Crippen LogP contribution in [0.1, 0.15) is 40.9 Å². The number of hydrogen-bond donors (Lipinski definition) is 1. The molecule has 0 unspecified atom stereocenters. The van der Waals surface area contributed by atoms with E-state index in [2.05, 4.69) is 52.0 Å². The summed E-state index contributed by atoms with van der Waals surface area (Å²) in [5.41, 5.74) is 2.36. The van der Waals surface area contributed by atoms with Crippen LogP contribution < -0.4 is 5.32 Å². The number of hydrogen-bond acceptors (Lipinski definition) is 4. The number of benzene rings is 2. The van der Waals surface area contributed by atoms with Gasteiger partial charge in [-0.3, -0.25) is 4.79 Å². The summed E-state index contributed by atoms with van der Waals surface area (Å²) in [7, 11) is 2.03. The van der Waals surface area contributed by atoms with Gasteiger partial charge in [0.1, 0.15) is 4.88 Å². The van der Waals surface area contributed by atoms with Crippen molar-refractivity contribution in [1.29, 1.82) is 0 Å². The highest BCUT2D eigenvalue weighted by atomic mass is 35.5. The van der Waals surface area contributed by atoms with Gasteiger partial charge >= 0.3 is 0 Å². The first-order chi connectivity index (χ1) is 16.1. The molecule has 2 aromatic heterocycles. The van der Waals surface area contributed by atoms with Gasteiger partial charge in [-0.05, 0) is 67.4 Å². The summed E-state index contributed by atoms with van der Waals surface area (Å²) in [5, 5.41) is 7.05. The second kappa shape index (κ2) is 9.98. The van der Waals surface area contributed by atoms with Crippen LogP contribution in [0.25, 0.3) is 20.5 Å². The molecule has 3 nitrogen and oxygen atoms in total. The van der Waals surface area contributed by atoms with E-state index in [4.69, 9.17) is 11.6 Å². The molecule has 2 aromatic carbocycles. The van der Waals surface area contributed by atoms with Crippen LogP contribution >= 0.6 is 34.3 Å². The summed E-state index contributed by atoms with van der Waals surface area (Å²) in [6.07, 6.45) is 4.18. The maximum atomic E-state index is 13.9. The van der Waals surface area contributed by atoms with Gasteiger partial charge in [0, 0.05) is 33.6 Å². The zero-order valence-electron chi connectivity index (χ0n) is 18.6. The average Bonchev–Trinajstić information content (AvgIpc) is 3.51. The molecule has 1 fully saturated rings. The smallest absolute Gasteiger partial charge is 0.266 e. The van der Waals surface area contributed by atoms with Crippen LogP contribution in [0.2, 0.25) is 5.02 Å². The first-order valence-electron chi connectivity index (χ1n) is 11.4. The van der Waals surface area contributed by atoms with Gasteiger partial charge in [0.2, 0.25) is 0 Å². The topological polar surface area (TPSA) is 32.3 Å². The average molecular weight is 495 g/mol. The Balaban J connectivity index is 1.47. The Bertz CT molecular complexity index is 1240. The number of carbonyl (C=O) groups is 1. The Morgan fingerprint density at radius 1 is 1.06 bits per heavy atom. The van der Waals surface area contributed by atoms with Crippen molar-refractivity contribution in [3.8, 4) is 10.4 Å². The second-order valence-corrected chi connectivity index (χ2v) is 11.0. The first kappa shape index (κ1) is 22.6. The Morgan fingerprint density at radius 2 is 1.88 bits per heavy atom. The molecule has 2 heterocycles. The SMILES string of the molecule is CNC1CCC(N(Cc2cccc(-c3cccs3)c2)C(=O)c2sc3ccccc3c2Cl)CC1. The molecule has 0 bridgehead atoms. The molecule has 0 spiro atoms. The second-order valence-electron chi connectivity index (χ2n) is 8.65. The standard InChI is InChI=1S/C27H27ClN2OS2/c1-29-20-11-13-21(14-12-20)30(17-18-6-4-7-19(16-18)23-10-5-15-32-23)27(31)26-25(28)22-8-2-3-9-24(22)33-26/h2-10,15-16,20-21,29H,11-14,17H2,1H3. The molecule has 6 heteroatoms. The van der Waals surface area contributed by atoms with Gasteiger partial charge in [-0.2, -0.15) is 0 Å². The van der Waals surface area contributed by atoms with Crippen LogP contribution in [0.15, 0.2) is 66.0 Å². The van der Waals surface area contributed by atoms with Crippen molar-refractivity contribution in [2.75, 3.05) is 7.05 Å². The lowest BCUT2D eigenvalue weighted by Gasteiger charge is -2.37. The largest absolute Gasteiger partial charge is 0.331 e. The van der Waals surface area contributed by atoms with Crippen molar-refractivity contribution in [2.24, 2.45) is 0 Å². The Morgan fingerprint density at radius 3 is 2.61 bits per heavy atom. The van der Waals surface area contributed by atoms with Crippen LogP contribution in [-0.4, -0.2) is 29.9 Å². The quantitative estimate of drug-likeness (QED) is 0.301. The van der Waals surface area contributed by atoms with E-state index in [9.17, 15) is 4.79 Å². The number of nitrogens with zero attached hydrogens (tertiary/aromatic N) is 1. The lowest BCUT2D eigenvalue weighted by Crippen LogP contribution is -2.44. The van der Waals surface area contributed by atoms with Crippen molar-refractivity contribution in [1.82, 2.24) is 10.2 Å². The van der Waals surface area contributed by atoms with Crippen LogP contribution in [0, 0.1) is 0 Å². The summed E-state index contributed by atoms with van der Waals surface area (Å²) in [4.78, 5) is 17.9. The van der Waals surface area contributed by atoms with Gasteiger partial charge in [0.15, 0.2) is 0 Å². The van der Waals surface area contributed by atoms with Crippen LogP contribution in [-0.2, 0) is 6.54 Å². The first-order valence-corrected chi connectivity index (χ1v) is 13.5. The molecular weight excluding hydrogens is 468 g/mol. The number of rotatable bonds is 6. The highest BCUT2D eigenvalue weighted by Gasteiger charge is 2.31. The highest BCUT2D eigenvalue weighted by molar-refractivity contribution is 7.21. The summed E-state index contributed by atoms with van der Waals surface area (Å²) in [5.74, 6) is 0.0515. The normalized spacial score (nSPS) is 18.5. The van der Waals surface area contributed by atoms with Crippen LogP contribution in [0.3, 0.4) is 0 Å². The number of amides is 1. The van der Waals surface area contributed by atoms with Gasteiger partial charge in [-0.25, -0.2) is 0 Å². The van der Waals surface area contributed by atoms with E-state index in [0.29, 0.717) is 22.5 Å². The minimum atomic E-state index is 0.0515. The van der Waals surface area contributed by atoms with E-state index in [0.717, 1.165) is 41.3 Å². The highest BCUT2D eigenvalue weighted by Crippen LogP contribution is 2.37. The zero-order valence-corrected chi connectivity index (χ0v) is 21.0. The molecule has 4 aromatic rings. The van der Waals surface area contributed by atoms with E-state index >= 15 is 0 Å². The van der Waals surface area contributed by atoms with Gasteiger partial charge in [0.25, 0.3) is 5.91 Å². The number of halogens is 1. The molecule has 0 radical (unpaired) electrons. The predicted octanol–water partition coefficient (Wildman–Crippen LogP) is 7.46. The van der Waals surface area contributed by atoms with Crippen LogP contribution in [0.4, 0.5) is 0 Å². The molecule has 1 aliphatic carbocycles. The van der Waals surface area contributed by atoms with Gasteiger partial charge in [-0.15, -0.1) is 22.7 Å². The fourth-order valence-electron chi connectivity index (χ4n) is 4.79. The minimum Gasteiger partial charge on any atom is -0.331 e. The fraction of sp³-hybridized carbons (Fsp3) is 0.296. The van der Waals surface area contributed by atoms with Crippen molar-refractivity contribution in [2.45, 2.75) is 44.3 Å². The summed E-state index contributed by atoms with van der Waals surface area (Å²) in [6.45, 7) is 0.595. The van der Waals surface area contributed by atoms with Gasteiger partial charge in [0.05, 0.1) is 5.02 Å². The molecule has 1 aliphatic rings. The van der Waals surface area contributed by atoms with E-state index in [1.165, 1.54) is 21.8 Å². The van der Waals surface area contributed by atoms with E-state index in [1.54, 1.807) is 11.3 Å². The van der Waals surface area contributed by atoms with E-state index < -0.39 is 0 Å². The van der Waals surface area contributed by atoms with Crippen molar-refractivity contribution in [3.63, 3.8) is 0 Å². The van der Waals surface area contributed by atoms with Crippen molar-refractivity contribution >= 4 is 50.3 Å². The monoisotopic (exact) mass is 494 g/mol. The third-order valence-corrected chi connectivity index (χ3v) is 9.20. The molecule has 0 saturated heterocycles. The molecule has 170 valence electrons. The Kier molecular flexibility index (Phi) is 6.84. The molecule has 5 rings (SSSR count).